The van der Waals surface area contributed by atoms with E-state index in [9.17, 15) is 4.79 Å². The molecule has 0 radical (unpaired) electrons. The molecule has 0 spiro atoms. The van der Waals surface area contributed by atoms with Crippen molar-refractivity contribution in [1.29, 1.82) is 5.26 Å². The minimum Gasteiger partial charge on any atom is -0.306 e. The molecule has 1 N–H and O–H groups in total. The fourth-order valence-corrected chi connectivity index (χ4v) is 2.12. The largest absolute Gasteiger partial charge is 0.306 e. The first kappa shape index (κ1) is 11.2. The predicted molar refractivity (Wildman–Crippen MR) is 70.7 cm³/mol. The molecule has 3 aromatic rings. The van der Waals surface area contributed by atoms with Crippen LogP contribution >= 0.6 is 0 Å². The average Bonchev–Trinajstić information content (AvgIpc) is 2.83. The van der Waals surface area contributed by atoms with Crippen LogP contribution in [-0.4, -0.2) is 14.6 Å². The number of nitrogens with one attached hydrogen (secondary N) is 1. The number of benzene rings is 1. The fourth-order valence-electron chi connectivity index (χ4n) is 2.12. The van der Waals surface area contributed by atoms with Crippen LogP contribution in [0.4, 0.5) is 0 Å². The van der Waals surface area contributed by atoms with E-state index in [-0.39, 0.29) is 5.56 Å². The van der Waals surface area contributed by atoms with E-state index in [0.29, 0.717) is 22.5 Å². The zero-order chi connectivity index (χ0) is 13.4. The molecule has 92 valence electrons. The second kappa shape index (κ2) is 4.10. The maximum Gasteiger partial charge on any atom is 0.254 e. The summed E-state index contributed by atoms with van der Waals surface area (Å²) in [6.07, 6.45) is 1.46. The molecule has 0 saturated carbocycles. The maximum atomic E-state index is 12.0. The lowest BCUT2D eigenvalue weighted by molar-refractivity contribution is 0.926. The molecule has 5 heteroatoms. The molecule has 19 heavy (non-hydrogen) atoms. The van der Waals surface area contributed by atoms with Gasteiger partial charge in [-0.1, -0.05) is 30.3 Å². The van der Waals surface area contributed by atoms with E-state index in [0.717, 1.165) is 5.56 Å². The lowest BCUT2D eigenvalue weighted by atomic mass is 10.1. The third-order valence-corrected chi connectivity index (χ3v) is 3.08. The van der Waals surface area contributed by atoms with Gasteiger partial charge in [-0.15, -0.1) is 0 Å². The van der Waals surface area contributed by atoms with Crippen molar-refractivity contribution in [3.63, 3.8) is 0 Å². The quantitative estimate of drug-likeness (QED) is 0.716. The SMILES string of the molecule is Cc1c(-c2ccccc2)n2ncc(C#N)c2[nH]c1=O. The van der Waals surface area contributed by atoms with Gasteiger partial charge in [0.2, 0.25) is 0 Å². The fraction of sp³-hybridized carbons (Fsp3) is 0.0714. The van der Waals surface area contributed by atoms with E-state index >= 15 is 0 Å². The van der Waals surface area contributed by atoms with Gasteiger partial charge in [0, 0.05) is 11.1 Å². The third-order valence-electron chi connectivity index (χ3n) is 3.08. The normalized spacial score (nSPS) is 10.5. The number of nitrogens with zero attached hydrogens (tertiary/aromatic N) is 3. The van der Waals surface area contributed by atoms with Gasteiger partial charge in [-0.25, -0.2) is 4.52 Å². The molecule has 5 nitrogen and oxygen atoms in total. The van der Waals surface area contributed by atoms with Gasteiger partial charge in [-0.3, -0.25) is 4.79 Å². The van der Waals surface area contributed by atoms with Crippen molar-refractivity contribution >= 4 is 5.65 Å². The molecule has 2 aromatic heterocycles. The van der Waals surface area contributed by atoms with E-state index < -0.39 is 0 Å². The highest BCUT2D eigenvalue weighted by atomic mass is 16.1. The molecule has 0 saturated heterocycles. The summed E-state index contributed by atoms with van der Waals surface area (Å²) in [6, 6.07) is 11.6. The molecule has 0 atom stereocenters. The zero-order valence-electron chi connectivity index (χ0n) is 10.2. The number of aromatic amines is 1. The second-order valence-corrected chi connectivity index (χ2v) is 4.22. The number of H-pyrrole nitrogens is 1. The number of fused-ring (bicyclic) bond motifs is 1. The van der Waals surface area contributed by atoms with Crippen LogP contribution in [0.25, 0.3) is 16.9 Å². The average molecular weight is 250 g/mol. The van der Waals surface area contributed by atoms with Crippen molar-refractivity contribution in [1.82, 2.24) is 14.6 Å². The van der Waals surface area contributed by atoms with E-state index in [1.54, 1.807) is 11.4 Å². The zero-order valence-corrected chi connectivity index (χ0v) is 10.2. The molecular formula is C14H10N4O. The van der Waals surface area contributed by atoms with Gasteiger partial charge in [0.15, 0.2) is 5.65 Å². The number of hydrogen-bond acceptors (Lipinski definition) is 3. The highest BCUT2D eigenvalue weighted by Crippen LogP contribution is 2.22. The van der Waals surface area contributed by atoms with Gasteiger partial charge in [-0.2, -0.15) is 10.4 Å². The van der Waals surface area contributed by atoms with Crippen LogP contribution in [0.5, 0.6) is 0 Å². The highest BCUT2D eigenvalue weighted by Gasteiger charge is 2.14. The Balaban J connectivity index is 2.48. The summed E-state index contributed by atoms with van der Waals surface area (Å²) in [7, 11) is 0. The smallest absolute Gasteiger partial charge is 0.254 e. The van der Waals surface area contributed by atoms with Crippen molar-refractivity contribution < 1.29 is 0 Å². The van der Waals surface area contributed by atoms with Gasteiger partial charge < -0.3 is 4.98 Å². The Bertz CT molecular complexity index is 853. The second-order valence-electron chi connectivity index (χ2n) is 4.22. The molecule has 3 rings (SSSR count). The van der Waals surface area contributed by atoms with Crippen LogP contribution in [0.15, 0.2) is 41.3 Å². The third kappa shape index (κ3) is 1.62. The van der Waals surface area contributed by atoms with Crippen LogP contribution in [-0.2, 0) is 0 Å². The summed E-state index contributed by atoms with van der Waals surface area (Å²) in [6.45, 7) is 1.74. The van der Waals surface area contributed by atoms with E-state index in [2.05, 4.69) is 10.1 Å². The van der Waals surface area contributed by atoms with Crippen molar-refractivity contribution in [3.05, 3.63) is 58.0 Å². The number of hydrogen-bond donors (Lipinski definition) is 1. The summed E-state index contributed by atoms with van der Waals surface area (Å²) in [5.41, 5.74) is 2.76. The Labute approximate surface area is 108 Å². The monoisotopic (exact) mass is 250 g/mol. The van der Waals surface area contributed by atoms with Crippen LogP contribution in [0.1, 0.15) is 11.1 Å². The number of aromatic nitrogens is 3. The summed E-state index contributed by atoms with van der Waals surface area (Å²) >= 11 is 0. The molecule has 0 bridgehead atoms. The molecule has 0 amide bonds. The Morgan fingerprint density at radius 1 is 1.32 bits per heavy atom. The summed E-state index contributed by atoms with van der Waals surface area (Å²) in [4.78, 5) is 14.7. The van der Waals surface area contributed by atoms with Crippen molar-refractivity contribution in [2.45, 2.75) is 6.92 Å². The molecule has 0 aliphatic heterocycles. The number of nitriles is 1. The summed E-state index contributed by atoms with van der Waals surface area (Å²) in [5, 5.41) is 13.2. The topological polar surface area (TPSA) is 74.0 Å². The van der Waals surface area contributed by atoms with Gasteiger partial charge >= 0.3 is 0 Å². The van der Waals surface area contributed by atoms with Crippen molar-refractivity contribution in [2.75, 3.05) is 0 Å². The highest BCUT2D eigenvalue weighted by molar-refractivity contribution is 5.68. The van der Waals surface area contributed by atoms with Crippen LogP contribution < -0.4 is 5.56 Å². The van der Waals surface area contributed by atoms with E-state index in [1.165, 1.54) is 6.20 Å². The Morgan fingerprint density at radius 2 is 2.05 bits per heavy atom. The van der Waals surface area contributed by atoms with Gasteiger partial charge in [0.05, 0.1) is 11.9 Å². The predicted octanol–water partition coefficient (Wildman–Crippen LogP) is 1.87. The van der Waals surface area contributed by atoms with Gasteiger partial charge in [0.25, 0.3) is 5.56 Å². The minimum atomic E-state index is -0.205. The molecule has 0 aliphatic carbocycles. The summed E-state index contributed by atoms with van der Waals surface area (Å²) < 4.78 is 1.60. The lowest BCUT2D eigenvalue weighted by Crippen LogP contribution is -2.15. The van der Waals surface area contributed by atoms with Crippen LogP contribution in [0.3, 0.4) is 0 Å². The minimum absolute atomic E-state index is 0.205. The van der Waals surface area contributed by atoms with Crippen molar-refractivity contribution in [2.24, 2.45) is 0 Å². The van der Waals surface area contributed by atoms with E-state index in [1.807, 2.05) is 36.4 Å². The Kier molecular flexibility index (Phi) is 2.43. The van der Waals surface area contributed by atoms with E-state index in [4.69, 9.17) is 5.26 Å². The molecular weight excluding hydrogens is 240 g/mol. The molecule has 0 aliphatic rings. The molecule has 2 heterocycles. The lowest BCUT2D eigenvalue weighted by Gasteiger charge is -2.08. The Hall–Kier alpha value is -2.87. The molecule has 0 unspecified atom stereocenters. The summed E-state index contributed by atoms with van der Waals surface area (Å²) in [5.74, 6) is 0. The van der Waals surface area contributed by atoms with Gasteiger partial charge in [-0.05, 0) is 6.92 Å². The van der Waals surface area contributed by atoms with Crippen LogP contribution in [0.2, 0.25) is 0 Å². The first-order valence-electron chi connectivity index (χ1n) is 5.78. The molecule has 1 aromatic carbocycles. The van der Waals surface area contributed by atoms with Gasteiger partial charge in [0.1, 0.15) is 11.6 Å². The standard InChI is InChI=1S/C14H10N4O/c1-9-12(10-5-3-2-4-6-10)18-13(17-14(9)19)11(7-15)8-16-18/h2-6,8H,1H3,(H,17,19). The number of rotatable bonds is 1. The Morgan fingerprint density at radius 3 is 2.74 bits per heavy atom. The van der Waals surface area contributed by atoms with Crippen molar-refractivity contribution in [3.8, 4) is 17.3 Å². The first-order valence-corrected chi connectivity index (χ1v) is 5.78. The van der Waals surface area contributed by atoms with Crippen LogP contribution in [0, 0.1) is 18.3 Å². The molecule has 0 fully saturated rings. The first-order chi connectivity index (χ1) is 9.22. The maximum absolute atomic E-state index is 12.0.